The van der Waals surface area contributed by atoms with Crippen LogP contribution in [0.25, 0.3) is 138 Å². The Balaban J connectivity index is 1.10. The Kier molecular flexibility index (Phi) is 6.71. The third-order valence-corrected chi connectivity index (χ3v) is 12.4. The number of hydrogen-bond acceptors (Lipinski definition) is 6. The standard InChI is InChI=1S/C55H30N4O3/c1-2-12-32-30-44-40(27-31(32)11-1)35-13-3-7-17-43(35)59(44)52-39(23-26-50-51(52)38-16-6-10-20-47(38)62-50)55-57-53(33-21-24-48-41(28-33)36-14-4-8-18-45(36)60-48)56-54(58-55)34-22-25-49-42(29-34)37-15-5-9-19-46(37)61-49/h1-30H. The van der Waals surface area contributed by atoms with E-state index in [2.05, 4.69) is 108 Å². The Morgan fingerprint density at radius 1 is 0.323 bits per heavy atom. The van der Waals surface area contributed by atoms with E-state index in [4.69, 9.17) is 28.2 Å². The van der Waals surface area contributed by atoms with E-state index in [0.717, 1.165) is 115 Å². The maximum atomic E-state index is 6.61. The van der Waals surface area contributed by atoms with Gasteiger partial charge in [-0.15, -0.1) is 0 Å². The molecule has 62 heavy (non-hydrogen) atoms. The predicted molar refractivity (Wildman–Crippen MR) is 250 cm³/mol. The Morgan fingerprint density at radius 2 is 0.806 bits per heavy atom. The molecular formula is C55H30N4O3. The van der Waals surface area contributed by atoms with E-state index in [0.29, 0.717) is 17.5 Å². The lowest BCUT2D eigenvalue weighted by Gasteiger charge is -2.16. The lowest BCUT2D eigenvalue weighted by Crippen LogP contribution is -2.04. The average Bonchev–Trinajstić information content (AvgIpc) is 4.09. The van der Waals surface area contributed by atoms with Gasteiger partial charge in [-0.05, 0) is 95.7 Å². The number of aromatic nitrogens is 4. The molecular weight excluding hydrogens is 765 g/mol. The van der Waals surface area contributed by atoms with Crippen LogP contribution in [0.15, 0.2) is 195 Å². The van der Waals surface area contributed by atoms with Gasteiger partial charge >= 0.3 is 0 Å². The van der Waals surface area contributed by atoms with Crippen molar-refractivity contribution in [2.24, 2.45) is 0 Å². The number of fused-ring (bicyclic) bond motifs is 13. The van der Waals surface area contributed by atoms with Crippen molar-refractivity contribution in [3.63, 3.8) is 0 Å². The van der Waals surface area contributed by atoms with Gasteiger partial charge in [-0.3, -0.25) is 0 Å². The lowest BCUT2D eigenvalue weighted by atomic mass is 10.0. The molecule has 0 bridgehead atoms. The maximum Gasteiger partial charge on any atom is 0.166 e. The van der Waals surface area contributed by atoms with Crippen LogP contribution in [0.2, 0.25) is 0 Å². The van der Waals surface area contributed by atoms with Gasteiger partial charge in [-0.25, -0.2) is 15.0 Å². The Labute approximate surface area is 351 Å². The number of hydrogen-bond donors (Lipinski definition) is 0. The van der Waals surface area contributed by atoms with Gasteiger partial charge < -0.3 is 17.8 Å². The summed E-state index contributed by atoms with van der Waals surface area (Å²) in [5.41, 5.74) is 10.5. The summed E-state index contributed by atoms with van der Waals surface area (Å²) in [5.74, 6) is 1.63. The number of nitrogens with zero attached hydrogens (tertiary/aromatic N) is 4. The van der Waals surface area contributed by atoms with Crippen LogP contribution in [0.3, 0.4) is 0 Å². The first kappa shape index (κ1) is 33.3. The van der Waals surface area contributed by atoms with Crippen molar-refractivity contribution in [1.29, 1.82) is 0 Å². The predicted octanol–water partition coefficient (Wildman–Crippen LogP) is 14.8. The van der Waals surface area contributed by atoms with Gasteiger partial charge in [0.2, 0.25) is 0 Å². The summed E-state index contributed by atoms with van der Waals surface area (Å²) in [4.78, 5) is 16.1. The van der Waals surface area contributed by atoms with E-state index < -0.39 is 0 Å². The highest BCUT2D eigenvalue weighted by Crippen LogP contribution is 2.44. The van der Waals surface area contributed by atoms with Gasteiger partial charge in [0, 0.05) is 54.4 Å². The first-order chi connectivity index (χ1) is 30.7. The minimum atomic E-state index is 0.535. The fourth-order valence-corrected chi connectivity index (χ4v) is 9.59. The van der Waals surface area contributed by atoms with Crippen molar-refractivity contribution in [3.05, 3.63) is 182 Å². The van der Waals surface area contributed by atoms with Gasteiger partial charge in [0.1, 0.15) is 33.5 Å². The molecule has 0 saturated heterocycles. The first-order valence-corrected chi connectivity index (χ1v) is 20.7. The zero-order valence-corrected chi connectivity index (χ0v) is 32.8. The summed E-state index contributed by atoms with van der Waals surface area (Å²) < 4.78 is 21.5. The third kappa shape index (κ3) is 4.78. The van der Waals surface area contributed by atoms with Crippen LogP contribution in [0.4, 0.5) is 0 Å². The van der Waals surface area contributed by atoms with E-state index in [9.17, 15) is 0 Å². The van der Waals surface area contributed by atoms with E-state index >= 15 is 0 Å². The molecule has 0 amide bonds. The summed E-state index contributed by atoms with van der Waals surface area (Å²) in [6.07, 6.45) is 0. The van der Waals surface area contributed by atoms with Gasteiger partial charge in [0.05, 0.1) is 22.1 Å². The summed E-state index contributed by atoms with van der Waals surface area (Å²) in [7, 11) is 0. The normalized spacial score (nSPS) is 12.2. The molecule has 7 heteroatoms. The van der Waals surface area contributed by atoms with Crippen molar-refractivity contribution in [2.45, 2.75) is 0 Å². The van der Waals surface area contributed by atoms with E-state index in [1.807, 2.05) is 78.9 Å². The Hall–Kier alpha value is -8.55. The molecule has 0 N–H and O–H groups in total. The van der Waals surface area contributed by atoms with Crippen LogP contribution in [0, 0.1) is 0 Å². The monoisotopic (exact) mass is 794 g/mol. The SMILES string of the molecule is c1ccc2cc3c(cc2c1)c1ccccc1n3-c1c(-c2nc(-c3ccc4oc5ccccc5c4c3)nc(-c3ccc4oc5ccccc5c4c3)n2)ccc2oc3ccccc3c12. The van der Waals surface area contributed by atoms with E-state index in [-0.39, 0.29) is 0 Å². The topological polar surface area (TPSA) is 83.0 Å². The highest BCUT2D eigenvalue weighted by Gasteiger charge is 2.25. The van der Waals surface area contributed by atoms with Crippen LogP contribution in [0.1, 0.15) is 0 Å². The fourth-order valence-electron chi connectivity index (χ4n) is 9.59. The van der Waals surface area contributed by atoms with Gasteiger partial charge in [0.25, 0.3) is 0 Å². The van der Waals surface area contributed by atoms with Gasteiger partial charge in [-0.2, -0.15) is 0 Å². The summed E-state index contributed by atoms with van der Waals surface area (Å²) >= 11 is 0. The molecule has 7 nitrogen and oxygen atoms in total. The summed E-state index contributed by atoms with van der Waals surface area (Å²) in [5, 5.41) is 10.7. The van der Waals surface area contributed by atoms with Crippen LogP contribution in [0.5, 0.6) is 0 Å². The molecule has 0 spiro atoms. The van der Waals surface area contributed by atoms with E-state index in [1.54, 1.807) is 0 Å². The van der Waals surface area contributed by atoms with Gasteiger partial charge in [0.15, 0.2) is 17.5 Å². The number of furan rings is 3. The molecule has 14 rings (SSSR count). The minimum Gasteiger partial charge on any atom is -0.456 e. The molecule has 0 radical (unpaired) electrons. The lowest BCUT2D eigenvalue weighted by molar-refractivity contribution is 0.668. The second-order valence-electron chi connectivity index (χ2n) is 15.9. The highest BCUT2D eigenvalue weighted by molar-refractivity contribution is 6.18. The molecule has 0 atom stereocenters. The zero-order chi connectivity index (χ0) is 40.5. The van der Waals surface area contributed by atoms with E-state index in [1.165, 1.54) is 5.39 Å². The van der Waals surface area contributed by atoms with Gasteiger partial charge in [-0.1, -0.05) is 97.1 Å². The van der Waals surface area contributed by atoms with Crippen LogP contribution >= 0.6 is 0 Å². The van der Waals surface area contributed by atoms with Crippen LogP contribution < -0.4 is 0 Å². The smallest absolute Gasteiger partial charge is 0.166 e. The fraction of sp³-hybridized carbons (Fsp3) is 0. The quantitative estimate of drug-likeness (QED) is 0.176. The molecule has 5 heterocycles. The molecule has 0 saturated carbocycles. The molecule has 0 aliphatic heterocycles. The molecule has 0 unspecified atom stereocenters. The first-order valence-electron chi connectivity index (χ1n) is 20.7. The second-order valence-corrected chi connectivity index (χ2v) is 15.9. The van der Waals surface area contributed by atoms with Crippen molar-refractivity contribution in [3.8, 4) is 39.9 Å². The minimum absolute atomic E-state index is 0.535. The largest absolute Gasteiger partial charge is 0.456 e. The highest BCUT2D eigenvalue weighted by atomic mass is 16.3. The Bertz CT molecular complexity index is 4060. The van der Waals surface area contributed by atoms with Crippen molar-refractivity contribution < 1.29 is 13.3 Å². The number of benzene rings is 9. The maximum absolute atomic E-state index is 6.61. The Morgan fingerprint density at radius 3 is 1.47 bits per heavy atom. The number of para-hydroxylation sites is 4. The third-order valence-electron chi connectivity index (χ3n) is 12.4. The molecule has 14 aromatic rings. The van der Waals surface area contributed by atoms with Crippen LogP contribution in [-0.4, -0.2) is 19.5 Å². The second kappa shape index (κ2) is 12.5. The van der Waals surface area contributed by atoms with Crippen molar-refractivity contribution in [2.75, 3.05) is 0 Å². The van der Waals surface area contributed by atoms with Crippen LogP contribution in [-0.2, 0) is 0 Å². The zero-order valence-electron chi connectivity index (χ0n) is 32.8. The molecule has 5 aromatic heterocycles. The summed E-state index contributed by atoms with van der Waals surface area (Å²) in [6, 6.07) is 62.8. The average molecular weight is 795 g/mol. The van der Waals surface area contributed by atoms with Crippen molar-refractivity contribution >= 4 is 98.4 Å². The molecule has 0 aliphatic carbocycles. The molecule has 0 fully saturated rings. The summed E-state index contributed by atoms with van der Waals surface area (Å²) in [6.45, 7) is 0. The van der Waals surface area contributed by atoms with Crippen molar-refractivity contribution in [1.82, 2.24) is 19.5 Å². The molecule has 288 valence electrons. The molecule has 9 aromatic carbocycles. The molecule has 0 aliphatic rings. The number of rotatable bonds is 4.